The average Bonchev–Trinajstić information content (AvgIpc) is 2.03. The van der Waals surface area contributed by atoms with Crippen molar-refractivity contribution in [1.29, 1.82) is 0 Å². The first-order valence-electron chi connectivity index (χ1n) is 3.65. The second-order valence-electron chi connectivity index (χ2n) is 2.99. The van der Waals surface area contributed by atoms with E-state index in [1.807, 2.05) is 0 Å². The Kier molecular flexibility index (Phi) is 1.44. The van der Waals surface area contributed by atoms with Gasteiger partial charge in [0.2, 0.25) is 0 Å². The van der Waals surface area contributed by atoms with E-state index in [1.165, 1.54) is 0 Å². The third-order valence-electron chi connectivity index (χ3n) is 2.44. The molecule has 0 spiro atoms. The number of alkyl halides is 1. The van der Waals surface area contributed by atoms with E-state index in [9.17, 15) is 4.79 Å². The molecule has 1 nitrogen and oxygen atoms in total. The van der Waals surface area contributed by atoms with Gasteiger partial charge >= 0.3 is 0 Å². The monoisotopic (exact) mass is 200 g/mol. The summed E-state index contributed by atoms with van der Waals surface area (Å²) >= 11 is 3.37. The maximum atomic E-state index is 11.1. The van der Waals surface area contributed by atoms with Gasteiger partial charge in [-0.1, -0.05) is 28.1 Å². The number of fused-ring (bicyclic) bond motifs is 1. The molecule has 54 valence electrons. The summed E-state index contributed by atoms with van der Waals surface area (Å²) < 4.78 is 0. The van der Waals surface area contributed by atoms with Crippen molar-refractivity contribution in [3.05, 3.63) is 12.2 Å². The lowest BCUT2D eigenvalue weighted by molar-refractivity contribution is -0.131. The lowest BCUT2D eigenvalue weighted by Gasteiger charge is -2.40. The topological polar surface area (TPSA) is 17.1 Å². The van der Waals surface area contributed by atoms with Crippen molar-refractivity contribution in [1.82, 2.24) is 0 Å². The molecule has 2 aliphatic rings. The highest BCUT2D eigenvalue weighted by Crippen LogP contribution is 2.42. The van der Waals surface area contributed by atoms with Crippen LogP contribution < -0.4 is 0 Å². The minimum atomic E-state index is 0.133. The van der Waals surface area contributed by atoms with Gasteiger partial charge < -0.3 is 0 Å². The van der Waals surface area contributed by atoms with Gasteiger partial charge in [-0.2, -0.15) is 0 Å². The molecule has 2 aliphatic carbocycles. The maximum absolute atomic E-state index is 11.1. The molecule has 0 aromatic heterocycles. The van der Waals surface area contributed by atoms with Gasteiger partial charge in [0.05, 0.1) is 4.83 Å². The van der Waals surface area contributed by atoms with Gasteiger partial charge in [0, 0.05) is 11.8 Å². The van der Waals surface area contributed by atoms with Gasteiger partial charge in [-0.15, -0.1) is 0 Å². The Labute approximate surface area is 68.6 Å². The van der Waals surface area contributed by atoms with E-state index in [-0.39, 0.29) is 4.83 Å². The summed E-state index contributed by atoms with van der Waals surface area (Å²) in [6.45, 7) is 0. The Morgan fingerprint density at radius 3 is 3.10 bits per heavy atom. The molecular weight excluding hydrogens is 192 g/mol. The lowest BCUT2D eigenvalue weighted by Crippen LogP contribution is -2.48. The van der Waals surface area contributed by atoms with Crippen LogP contribution in [0.4, 0.5) is 0 Å². The SMILES string of the molecule is O=C1C(Br)[C@@H]2C=CCC[C@H]12. The minimum absolute atomic E-state index is 0.133. The van der Waals surface area contributed by atoms with Gasteiger partial charge in [-0.3, -0.25) is 4.79 Å². The zero-order chi connectivity index (χ0) is 7.14. The van der Waals surface area contributed by atoms with Gasteiger partial charge in [0.1, 0.15) is 0 Å². The second kappa shape index (κ2) is 2.19. The molecule has 3 atom stereocenters. The minimum Gasteiger partial charge on any atom is -0.298 e. The van der Waals surface area contributed by atoms with Crippen molar-refractivity contribution < 1.29 is 4.79 Å². The van der Waals surface area contributed by atoms with Crippen molar-refractivity contribution in [2.45, 2.75) is 17.7 Å². The Balaban J connectivity index is 2.18. The quantitative estimate of drug-likeness (QED) is 0.432. The number of halogens is 1. The summed E-state index contributed by atoms with van der Waals surface area (Å²) in [5.41, 5.74) is 0. The van der Waals surface area contributed by atoms with E-state index in [2.05, 4.69) is 28.1 Å². The third-order valence-corrected chi connectivity index (χ3v) is 3.50. The first kappa shape index (κ1) is 6.59. The van der Waals surface area contributed by atoms with Gasteiger partial charge in [0.15, 0.2) is 5.78 Å². The zero-order valence-corrected chi connectivity index (χ0v) is 7.17. The van der Waals surface area contributed by atoms with E-state index in [0.29, 0.717) is 17.6 Å². The fourth-order valence-electron chi connectivity index (χ4n) is 1.76. The van der Waals surface area contributed by atoms with Crippen LogP contribution in [-0.4, -0.2) is 10.6 Å². The van der Waals surface area contributed by atoms with Crippen LogP contribution >= 0.6 is 15.9 Å². The highest BCUT2D eigenvalue weighted by Gasteiger charge is 2.46. The molecule has 1 fully saturated rings. The molecule has 0 bridgehead atoms. The molecule has 1 saturated carbocycles. The number of allylic oxidation sites excluding steroid dienone is 2. The summed E-state index contributed by atoms with van der Waals surface area (Å²) in [5, 5.41) is 0. The van der Waals surface area contributed by atoms with Crippen LogP contribution in [0.3, 0.4) is 0 Å². The van der Waals surface area contributed by atoms with E-state index >= 15 is 0 Å². The van der Waals surface area contributed by atoms with Gasteiger partial charge in [-0.25, -0.2) is 0 Å². The fraction of sp³-hybridized carbons (Fsp3) is 0.625. The first-order chi connectivity index (χ1) is 4.80. The van der Waals surface area contributed by atoms with Gasteiger partial charge in [-0.05, 0) is 12.8 Å². The molecule has 0 aromatic carbocycles. The smallest absolute Gasteiger partial charge is 0.150 e. The van der Waals surface area contributed by atoms with Crippen LogP contribution in [-0.2, 0) is 4.79 Å². The number of carbonyl (C=O) groups is 1. The molecule has 0 aromatic rings. The fourth-order valence-corrected chi connectivity index (χ4v) is 2.65. The Morgan fingerprint density at radius 2 is 2.40 bits per heavy atom. The number of carbonyl (C=O) groups excluding carboxylic acids is 1. The standard InChI is InChI=1S/C8H9BrO/c9-7-5-3-1-2-4-6(5)8(7)10/h1,3,5-7H,2,4H2/t5-,6+,7?/m1/s1. The number of Topliss-reactive ketones (excluding diaryl/α,β-unsaturated/α-hetero) is 1. The molecule has 2 heteroatoms. The maximum Gasteiger partial charge on any atom is 0.150 e. The molecule has 0 N–H and O–H groups in total. The summed E-state index contributed by atoms with van der Waals surface area (Å²) in [6.07, 6.45) is 6.52. The van der Waals surface area contributed by atoms with Crippen LogP contribution in [0.2, 0.25) is 0 Å². The van der Waals surface area contributed by atoms with E-state index in [0.717, 1.165) is 12.8 Å². The molecule has 0 radical (unpaired) electrons. The predicted molar refractivity (Wildman–Crippen MR) is 43.1 cm³/mol. The molecule has 10 heavy (non-hydrogen) atoms. The van der Waals surface area contributed by atoms with Crippen LogP contribution in [0.1, 0.15) is 12.8 Å². The van der Waals surface area contributed by atoms with Crippen molar-refractivity contribution >= 4 is 21.7 Å². The van der Waals surface area contributed by atoms with Crippen LogP contribution in [0.25, 0.3) is 0 Å². The van der Waals surface area contributed by atoms with E-state index < -0.39 is 0 Å². The first-order valence-corrected chi connectivity index (χ1v) is 4.57. The van der Waals surface area contributed by atoms with Crippen LogP contribution in [0, 0.1) is 11.8 Å². The molecule has 1 unspecified atom stereocenters. The normalized spacial score (nSPS) is 44.5. The molecule has 0 amide bonds. The van der Waals surface area contributed by atoms with Gasteiger partial charge in [0.25, 0.3) is 0 Å². The Hall–Kier alpha value is -0.110. The van der Waals surface area contributed by atoms with Crippen LogP contribution in [0.15, 0.2) is 12.2 Å². The summed E-state index contributed by atoms with van der Waals surface area (Å²) in [4.78, 5) is 11.2. The number of hydrogen-bond acceptors (Lipinski definition) is 1. The number of hydrogen-bond donors (Lipinski definition) is 0. The highest BCUT2D eigenvalue weighted by atomic mass is 79.9. The summed E-state index contributed by atoms with van der Waals surface area (Å²) in [7, 11) is 0. The molecule has 2 rings (SSSR count). The molecule has 0 aliphatic heterocycles. The highest BCUT2D eigenvalue weighted by molar-refractivity contribution is 9.10. The van der Waals surface area contributed by atoms with Crippen molar-refractivity contribution in [3.63, 3.8) is 0 Å². The van der Waals surface area contributed by atoms with E-state index in [4.69, 9.17) is 0 Å². The molecule has 0 saturated heterocycles. The lowest BCUT2D eigenvalue weighted by atomic mass is 9.67. The largest absolute Gasteiger partial charge is 0.298 e. The summed E-state index contributed by atoms with van der Waals surface area (Å²) in [5.74, 6) is 1.28. The van der Waals surface area contributed by atoms with Crippen molar-refractivity contribution in [3.8, 4) is 0 Å². The number of rotatable bonds is 0. The predicted octanol–water partition coefficient (Wildman–Crippen LogP) is 1.92. The summed E-state index contributed by atoms with van der Waals surface area (Å²) in [6, 6.07) is 0. The zero-order valence-electron chi connectivity index (χ0n) is 5.59. The third kappa shape index (κ3) is 0.715. The molecular formula is C8H9BrO. The van der Waals surface area contributed by atoms with Crippen molar-refractivity contribution in [2.75, 3.05) is 0 Å². The Morgan fingerprint density at radius 1 is 1.60 bits per heavy atom. The average molecular weight is 201 g/mol. The van der Waals surface area contributed by atoms with E-state index in [1.54, 1.807) is 0 Å². The Bertz CT molecular complexity index is 197. The van der Waals surface area contributed by atoms with Crippen LogP contribution in [0.5, 0.6) is 0 Å². The molecule has 0 heterocycles. The van der Waals surface area contributed by atoms with Crippen molar-refractivity contribution in [2.24, 2.45) is 11.8 Å². The number of ketones is 1. The second-order valence-corrected chi connectivity index (χ2v) is 3.98.